The van der Waals surface area contributed by atoms with Gasteiger partial charge >= 0.3 is 0 Å². The Morgan fingerprint density at radius 1 is 1.19 bits per heavy atom. The average molecular weight is 459 g/mol. The van der Waals surface area contributed by atoms with Crippen LogP contribution in [0.2, 0.25) is 0 Å². The summed E-state index contributed by atoms with van der Waals surface area (Å²) in [5.74, 6) is -3.06. The molecule has 0 radical (unpaired) electrons. The minimum absolute atomic E-state index is 0.0125. The lowest BCUT2D eigenvalue weighted by Gasteiger charge is -2.30. The summed E-state index contributed by atoms with van der Waals surface area (Å²) in [6.45, 7) is 2.19. The van der Waals surface area contributed by atoms with Gasteiger partial charge in [-0.15, -0.1) is 0 Å². The Hall–Kier alpha value is -3.20. The van der Waals surface area contributed by atoms with Gasteiger partial charge in [-0.05, 0) is 31.5 Å². The van der Waals surface area contributed by atoms with Gasteiger partial charge in [-0.3, -0.25) is 9.59 Å². The van der Waals surface area contributed by atoms with Crippen molar-refractivity contribution in [1.29, 1.82) is 0 Å². The number of likely N-dealkylation sites (tertiary alicyclic amines) is 1. The molecule has 2 atom stereocenters. The largest absolute Gasteiger partial charge is 0.507 e. The molecule has 7 nitrogen and oxygen atoms in total. The summed E-state index contributed by atoms with van der Waals surface area (Å²) in [5, 5.41) is 11.1. The molecule has 0 saturated carbocycles. The number of ketones is 1. The van der Waals surface area contributed by atoms with Crippen molar-refractivity contribution in [3.8, 4) is 5.75 Å². The highest BCUT2D eigenvalue weighted by Gasteiger charge is 2.51. The Morgan fingerprint density at radius 3 is 2.59 bits per heavy atom. The van der Waals surface area contributed by atoms with Crippen molar-refractivity contribution in [3.63, 3.8) is 0 Å². The summed E-state index contributed by atoms with van der Waals surface area (Å²) in [5.41, 5.74) is -0.0362. The molecule has 1 N–H and O–H groups in total. The highest BCUT2D eigenvalue weighted by atomic mass is 32.2. The van der Waals surface area contributed by atoms with Crippen LogP contribution >= 0.6 is 0 Å². The fraction of sp³-hybridized carbons (Fsp3) is 0.304. The number of ether oxygens (including phenoxy) is 1. The molecule has 2 aromatic rings. The SMILES string of the molecule is CCOc1cccc(C(O)=C2C(=O)C(=O)N([C@@H]3CCS(=O)(=O)C3)[C@H]2c2ccccc2F)c1. The molecule has 0 bridgehead atoms. The van der Waals surface area contributed by atoms with Crippen molar-refractivity contribution in [2.75, 3.05) is 18.1 Å². The predicted molar refractivity (Wildman–Crippen MR) is 115 cm³/mol. The van der Waals surface area contributed by atoms with Gasteiger partial charge in [0.05, 0.1) is 29.7 Å². The molecular weight excluding hydrogens is 437 g/mol. The molecule has 2 fully saturated rings. The summed E-state index contributed by atoms with van der Waals surface area (Å²) in [7, 11) is -3.39. The maximum absolute atomic E-state index is 14.8. The van der Waals surface area contributed by atoms with Crippen LogP contribution in [-0.4, -0.2) is 54.3 Å². The van der Waals surface area contributed by atoms with Crippen molar-refractivity contribution < 1.29 is 32.2 Å². The molecule has 0 aromatic heterocycles. The summed E-state index contributed by atoms with van der Waals surface area (Å²) in [4.78, 5) is 27.2. The van der Waals surface area contributed by atoms with Gasteiger partial charge in [0, 0.05) is 17.2 Å². The molecule has 2 saturated heterocycles. The van der Waals surface area contributed by atoms with Crippen LogP contribution in [0.5, 0.6) is 5.75 Å². The molecule has 9 heteroatoms. The molecular formula is C23H22FNO6S. The lowest BCUT2D eigenvalue weighted by Crippen LogP contribution is -2.40. The molecule has 4 rings (SSSR count). The number of nitrogens with zero attached hydrogens (tertiary/aromatic N) is 1. The number of carbonyl (C=O) groups excluding carboxylic acids is 2. The van der Waals surface area contributed by atoms with E-state index in [1.807, 2.05) is 0 Å². The molecule has 0 unspecified atom stereocenters. The fourth-order valence-electron chi connectivity index (χ4n) is 4.28. The molecule has 168 valence electrons. The Labute approximate surface area is 185 Å². The van der Waals surface area contributed by atoms with Crippen LogP contribution in [0.4, 0.5) is 4.39 Å². The molecule has 0 spiro atoms. The van der Waals surface area contributed by atoms with Gasteiger partial charge < -0.3 is 14.7 Å². The zero-order valence-electron chi connectivity index (χ0n) is 17.3. The van der Waals surface area contributed by atoms with Crippen molar-refractivity contribution in [2.45, 2.75) is 25.4 Å². The van der Waals surface area contributed by atoms with Crippen LogP contribution in [-0.2, 0) is 19.4 Å². The molecule has 32 heavy (non-hydrogen) atoms. The normalized spacial score (nSPS) is 24.1. The van der Waals surface area contributed by atoms with E-state index in [0.29, 0.717) is 12.4 Å². The first-order valence-corrected chi connectivity index (χ1v) is 12.0. The van der Waals surface area contributed by atoms with E-state index in [9.17, 15) is 27.5 Å². The molecule has 0 aliphatic carbocycles. The zero-order chi connectivity index (χ0) is 23.0. The highest BCUT2D eigenvalue weighted by molar-refractivity contribution is 7.91. The zero-order valence-corrected chi connectivity index (χ0v) is 18.1. The first-order valence-electron chi connectivity index (χ1n) is 10.2. The van der Waals surface area contributed by atoms with E-state index >= 15 is 0 Å². The molecule has 2 heterocycles. The van der Waals surface area contributed by atoms with Gasteiger partial charge in [0.1, 0.15) is 17.3 Å². The lowest BCUT2D eigenvalue weighted by molar-refractivity contribution is -0.141. The third-order valence-electron chi connectivity index (χ3n) is 5.70. The second-order valence-electron chi connectivity index (χ2n) is 7.75. The van der Waals surface area contributed by atoms with Crippen LogP contribution in [0.25, 0.3) is 5.76 Å². The van der Waals surface area contributed by atoms with E-state index in [2.05, 4.69) is 0 Å². The number of aliphatic hydroxyl groups is 1. The predicted octanol–water partition coefficient (Wildman–Crippen LogP) is 2.83. The molecule has 1 amide bonds. The summed E-state index contributed by atoms with van der Waals surface area (Å²) < 4.78 is 44.4. The van der Waals surface area contributed by atoms with Crippen LogP contribution < -0.4 is 4.74 Å². The van der Waals surface area contributed by atoms with Gasteiger partial charge in [-0.1, -0.05) is 30.3 Å². The van der Waals surface area contributed by atoms with Gasteiger partial charge in [-0.25, -0.2) is 12.8 Å². The highest BCUT2D eigenvalue weighted by Crippen LogP contribution is 2.43. The molecule has 2 aliphatic heterocycles. The van der Waals surface area contributed by atoms with E-state index in [1.165, 1.54) is 24.3 Å². The first kappa shape index (κ1) is 22.0. The summed E-state index contributed by atoms with van der Waals surface area (Å²) >= 11 is 0. The van der Waals surface area contributed by atoms with Gasteiger partial charge in [0.15, 0.2) is 9.84 Å². The number of amides is 1. The minimum Gasteiger partial charge on any atom is -0.507 e. The van der Waals surface area contributed by atoms with Crippen molar-refractivity contribution >= 4 is 27.3 Å². The number of hydrogen-bond acceptors (Lipinski definition) is 6. The summed E-state index contributed by atoms with van der Waals surface area (Å²) in [6, 6.07) is 9.97. The van der Waals surface area contributed by atoms with E-state index < -0.39 is 45.2 Å². The number of carbonyl (C=O) groups is 2. The van der Waals surface area contributed by atoms with Gasteiger partial charge in [0.25, 0.3) is 11.7 Å². The quantitative estimate of drug-likeness (QED) is 0.419. The number of Topliss-reactive ketones (excluding diaryl/α,β-unsaturated/α-hetero) is 1. The second kappa shape index (κ2) is 8.38. The van der Waals surface area contributed by atoms with Gasteiger partial charge in [-0.2, -0.15) is 0 Å². The van der Waals surface area contributed by atoms with Crippen molar-refractivity contribution in [1.82, 2.24) is 4.90 Å². The second-order valence-corrected chi connectivity index (χ2v) is 9.97. The third-order valence-corrected chi connectivity index (χ3v) is 7.45. The number of hydrogen-bond donors (Lipinski definition) is 1. The Morgan fingerprint density at radius 2 is 1.94 bits per heavy atom. The molecule has 2 aliphatic rings. The van der Waals surface area contributed by atoms with Crippen LogP contribution in [0.15, 0.2) is 54.1 Å². The average Bonchev–Trinajstić information content (AvgIpc) is 3.24. The monoisotopic (exact) mass is 459 g/mol. The maximum Gasteiger partial charge on any atom is 0.295 e. The number of halogens is 1. The standard InChI is InChI=1S/C23H22FNO6S/c1-2-31-16-7-5-6-14(12-16)21(26)19-20(17-8-3-4-9-18(17)24)25(23(28)22(19)27)15-10-11-32(29,30)13-15/h3-9,12,15,20,26H,2,10-11,13H2,1H3/t15-,20+/m1/s1. The van der Waals surface area contributed by atoms with E-state index in [4.69, 9.17) is 4.74 Å². The summed E-state index contributed by atoms with van der Waals surface area (Å²) in [6.07, 6.45) is 0.139. The first-order chi connectivity index (χ1) is 15.2. The number of aliphatic hydroxyl groups excluding tert-OH is 1. The lowest BCUT2D eigenvalue weighted by atomic mass is 9.94. The van der Waals surface area contributed by atoms with E-state index in [-0.39, 0.29) is 34.6 Å². The number of sulfone groups is 1. The van der Waals surface area contributed by atoms with E-state index in [1.54, 1.807) is 31.2 Å². The number of benzene rings is 2. The number of rotatable bonds is 5. The Kier molecular flexibility index (Phi) is 5.77. The van der Waals surface area contributed by atoms with Gasteiger partial charge in [0.2, 0.25) is 0 Å². The van der Waals surface area contributed by atoms with E-state index in [0.717, 1.165) is 4.90 Å². The van der Waals surface area contributed by atoms with Crippen molar-refractivity contribution in [2.24, 2.45) is 0 Å². The maximum atomic E-state index is 14.8. The smallest absolute Gasteiger partial charge is 0.295 e. The fourth-order valence-corrected chi connectivity index (χ4v) is 5.99. The topological polar surface area (TPSA) is 101 Å². The van der Waals surface area contributed by atoms with Crippen molar-refractivity contribution in [3.05, 3.63) is 71.0 Å². The third kappa shape index (κ3) is 3.88. The Balaban J connectivity index is 1.89. The van der Waals surface area contributed by atoms with Crippen LogP contribution in [0.3, 0.4) is 0 Å². The Bertz CT molecular complexity index is 1220. The molecule has 2 aromatic carbocycles. The van der Waals surface area contributed by atoms with Crippen LogP contribution in [0, 0.1) is 5.82 Å². The minimum atomic E-state index is -3.39. The van der Waals surface area contributed by atoms with Crippen LogP contribution in [0.1, 0.15) is 30.5 Å².